The van der Waals surface area contributed by atoms with E-state index in [0.717, 1.165) is 35.3 Å². The van der Waals surface area contributed by atoms with Gasteiger partial charge in [-0.2, -0.15) is 15.2 Å². The lowest BCUT2D eigenvalue weighted by Crippen LogP contribution is -2.12. The average Bonchev–Trinajstić information content (AvgIpc) is 3.86. The van der Waals surface area contributed by atoms with Gasteiger partial charge in [-0.1, -0.05) is 32.4 Å². The molecule has 4 N–H and O–H groups in total. The molecule has 22 heteroatoms. The molecule has 0 bridgehead atoms. The monoisotopic (exact) mass is 1060 g/mol. The Kier molecular flexibility index (Phi) is 22.8. The number of hydrogen-bond acceptors (Lipinski definition) is 13. The maximum atomic E-state index is 12.9. The van der Waals surface area contributed by atoms with Gasteiger partial charge in [0, 0.05) is 73.0 Å². The van der Waals surface area contributed by atoms with Gasteiger partial charge in [0.25, 0.3) is 0 Å². The summed E-state index contributed by atoms with van der Waals surface area (Å²) < 4.78 is 40.1. The fourth-order valence-corrected chi connectivity index (χ4v) is 8.10. The highest BCUT2D eigenvalue weighted by molar-refractivity contribution is 9.11. The largest absolute Gasteiger partial charge is 0.398 e. The van der Waals surface area contributed by atoms with Crippen LogP contribution in [0.15, 0.2) is 82.5 Å². The molecule has 6 aromatic rings. The van der Waals surface area contributed by atoms with Gasteiger partial charge in [-0.15, -0.1) is 0 Å². The molecule has 2 aromatic carbocycles. The second-order valence-electron chi connectivity index (χ2n) is 13.4. The van der Waals surface area contributed by atoms with Crippen LogP contribution in [0.2, 0.25) is 15.7 Å². The van der Waals surface area contributed by atoms with Gasteiger partial charge in [-0.3, -0.25) is 0 Å². The number of nitrogen functional groups attached to an aromatic ring is 1. The lowest BCUT2D eigenvalue weighted by Gasteiger charge is -2.17. The SMILES string of the molecule is C.CCCCO.COCc1cnn(-c2ccc(N)c(P(C)(C)=O)c2)c1.COCc1cnn(-c2ccc(Nc3nc(Cl)ncc3Br)c(P(C)(C)=O)c2)c1.Clc1ncc(Br)c(Cl)n1. The second-order valence-corrected chi connectivity index (χ2v) is 22.5. The predicted octanol–water partition coefficient (Wildman–Crippen LogP) is 10.0. The van der Waals surface area contributed by atoms with Gasteiger partial charge in [-0.05, 0) is 125 Å². The van der Waals surface area contributed by atoms with E-state index in [4.69, 9.17) is 55.1 Å². The van der Waals surface area contributed by atoms with Crippen molar-refractivity contribution in [2.45, 2.75) is 40.4 Å². The summed E-state index contributed by atoms with van der Waals surface area (Å²) in [5.74, 6) is 0.499. The Morgan fingerprint density at radius 3 is 1.70 bits per heavy atom. The molecular weight excluding hydrogens is 1020 g/mol. The molecule has 0 aliphatic rings. The Bertz CT molecular complexity index is 2410. The maximum Gasteiger partial charge on any atom is 0.224 e. The number of hydrogen-bond donors (Lipinski definition) is 3. The quantitative estimate of drug-likeness (QED) is 0.0453. The summed E-state index contributed by atoms with van der Waals surface area (Å²) >= 11 is 23.3. The molecule has 0 unspecified atom stereocenters. The Labute approximate surface area is 389 Å². The third kappa shape index (κ3) is 17.5. The number of aliphatic hydroxyl groups excluding tert-OH is 1. The lowest BCUT2D eigenvalue weighted by atomic mass is 10.2. The number of benzene rings is 2. The number of aromatic nitrogens is 8. The molecule has 0 atom stereocenters. The summed E-state index contributed by atoms with van der Waals surface area (Å²) in [5, 5.41) is 21.8. The maximum absolute atomic E-state index is 12.9. The van der Waals surface area contributed by atoms with Crippen LogP contribution in [0.25, 0.3) is 11.4 Å². The minimum atomic E-state index is -2.59. The van der Waals surface area contributed by atoms with Crippen LogP contribution in [-0.2, 0) is 31.8 Å². The number of unbranched alkanes of at least 4 members (excludes halogenated alkanes) is 1. The second kappa shape index (κ2) is 25.8. The number of nitrogens with one attached hydrogen (secondary N) is 1. The van der Waals surface area contributed by atoms with E-state index in [1.54, 1.807) is 74.9 Å². The summed E-state index contributed by atoms with van der Waals surface area (Å²) in [6.07, 6.45) is 12.4. The van der Waals surface area contributed by atoms with E-state index in [9.17, 15) is 9.13 Å². The van der Waals surface area contributed by atoms with Crippen molar-refractivity contribution in [2.75, 3.05) is 58.5 Å². The summed E-state index contributed by atoms with van der Waals surface area (Å²) in [6.45, 7) is 10.3. The minimum Gasteiger partial charge on any atom is -0.398 e. The van der Waals surface area contributed by atoms with Crippen LogP contribution >= 0.6 is 80.9 Å². The zero-order valence-electron chi connectivity index (χ0n) is 34.0. The van der Waals surface area contributed by atoms with Crippen molar-refractivity contribution in [3.63, 3.8) is 0 Å². The smallest absolute Gasteiger partial charge is 0.224 e. The van der Waals surface area contributed by atoms with Crippen LogP contribution < -0.4 is 21.7 Å². The number of aliphatic hydroxyl groups is 1. The molecule has 0 spiro atoms. The zero-order valence-corrected chi connectivity index (χ0v) is 41.2. The van der Waals surface area contributed by atoms with E-state index in [1.807, 2.05) is 42.7 Å². The fraction of sp³-hybridized carbons (Fsp3) is 0.333. The number of rotatable bonds is 12. The summed E-state index contributed by atoms with van der Waals surface area (Å²) in [4.78, 5) is 15.4. The van der Waals surface area contributed by atoms with Gasteiger partial charge in [0.05, 0.1) is 51.6 Å². The molecule has 0 aliphatic carbocycles. The van der Waals surface area contributed by atoms with E-state index >= 15 is 0 Å². The molecule has 332 valence electrons. The Morgan fingerprint density at radius 2 is 1.26 bits per heavy atom. The van der Waals surface area contributed by atoms with Crippen LogP contribution in [0.3, 0.4) is 0 Å². The Morgan fingerprint density at radius 1 is 0.770 bits per heavy atom. The molecule has 4 aromatic heterocycles. The van der Waals surface area contributed by atoms with Gasteiger partial charge in [-0.25, -0.2) is 24.3 Å². The first-order valence-electron chi connectivity index (χ1n) is 17.9. The Hall–Kier alpha value is -3.21. The highest BCUT2D eigenvalue weighted by Gasteiger charge is 2.20. The third-order valence-corrected chi connectivity index (χ3v) is 12.8. The van der Waals surface area contributed by atoms with Gasteiger partial charge in [0.15, 0.2) is 0 Å². The standard InChI is InChI=1S/C17H18BrClN5O2P.C13H18N3O2P.C4HBrCl2N2.C4H10O.CH4/c1-26-10-11-7-21-24(9-11)12-4-5-14(15(6-12)27(2,3)25)22-16-13(18)8-20-17(19)23-16;1-18-9-10-7-15-16(8-10)11-4-5-12(14)13(6-11)19(2,3)17;5-2-1-8-4(7)9-3(2)6;1-2-3-4-5;/h4-9H,10H2,1-3H3,(H,20,22,23);4-8H,9,14H2,1-3H3;1H;5H,2-4H2,1H3;1H4. The number of ether oxygens (including phenoxy) is 2. The van der Waals surface area contributed by atoms with Crippen molar-refractivity contribution in [1.82, 2.24) is 39.5 Å². The normalized spacial score (nSPS) is 10.9. The first-order chi connectivity index (χ1) is 28.3. The van der Waals surface area contributed by atoms with Crippen LogP contribution in [0, 0.1) is 0 Å². The molecule has 61 heavy (non-hydrogen) atoms. The highest BCUT2D eigenvalue weighted by atomic mass is 79.9. The van der Waals surface area contributed by atoms with Crippen LogP contribution in [0.1, 0.15) is 38.3 Å². The molecular formula is C39H51Br2Cl3N10O5P2. The average molecular weight is 1070 g/mol. The summed E-state index contributed by atoms with van der Waals surface area (Å²) in [5.41, 5.74) is 10.7. The van der Waals surface area contributed by atoms with E-state index in [-0.39, 0.29) is 18.0 Å². The van der Waals surface area contributed by atoms with Gasteiger partial charge in [0.2, 0.25) is 10.6 Å². The van der Waals surface area contributed by atoms with Crippen LogP contribution in [0.5, 0.6) is 0 Å². The number of halogens is 5. The zero-order chi connectivity index (χ0) is 44.6. The molecule has 6 rings (SSSR count). The molecule has 0 amide bonds. The topological polar surface area (TPSA) is 198 Å². The first-order valence-corrected chi connectivity index (χ1v) is 25.8. The van der Waals surface area contributed by atoms with E-state index in [2.05, 4.69) is 74.2 Å². The summed E-state index contributed by atoms with van der Waals surface area (Å²) in [6, 6.07) is 11.1. The number of anilines is 3. The van der Waals surface area contributed by atoms with Gasteiger partial charge >= 0.3 is 0 Å². The van der Waals surface area contributed by atoms with E-state index in [1.165, 1.54) is 6.20 Å². The molecule has 0 saturated carbocycles. The van der Waals surface area contributed by atoms with Crippen molar-refractivity contribution >= 4 is 109 Å². The van der Waals surface area contributed by atoms with Crippen molar-refractivity contribution in [2.24, 2.45) is 0 Å². The van der Waals surface area contributed by atoms with Crippen molar-refractivity contribution in [3.8, 4) is 11.4 Å². The van der Waals surface area contributed by atoms with E-state index in [0.29, 0.717) is 61.7 Å². The predicted molar refractivity (Wildman–Crippen MR) is 258 cm³/mol. The minimum absolute atomic E-state index is 0. The Balaban J connectivity index is 0.000000325. The van der Waals surface area contributed by atoms with Crippen molar-refractivity contribution < 1.29 is 23.7 Å². The third-order valence-electron chi connectivity index (χ3n) is 7.73. The van der Waals surface area contributed by atoms with Crippen LogP contribution in [0.4, 0.5) is 17.2 Å². The van der Waals surface area contributed by atoms with Gasteiger partial charge < -0.3 is 34.8 Å². The molecule has 0 aliphatic heterocycles. The molecule has 0 fully saturated rings. The van der Waals surface area contributed by atoms with E-state index < -0.39 is 14.3 Å². The fourth-order valence-electron chi connectivity index (χ4n) is 4.89. The molecule has 0 radical (unpaired) electrons. The molecule has 0 saturated heterocycles. The number of nitrogens with two attached hydrogens (primary N) is 1. The van der Waals surface area contributed by atoms with Crippen LogP contribution in [-0.4, -0.2) is 92.1 Å². The molecule has 4 heterocycles. The van der Waals surface area contributed by atoms with Crippen molar-refractivity contribution in [1.29, 1.82) is 0 Å². The highest BCUT2D eigenvalue weighted by Crippen LogP contribution is 2.40. The van der Waals surface area contributed by atoms with Crippen molar-refractivity contribution in [3.05, 3.63) is 109 Å². The first kappa shape index (κ1) is 53.9. The lowest BCUT2D eigenvalue weighted by molar-refractivity contribution is 0.185. The summed E-state index contributed by atoms with van der Waals surface area (Å²) in [7, 11) is -1.71. The number of methoxy groups -OCH3 is 2. The number of nitrogens with zero attached hydrogens (tertiary/aromatic N) is 8. The van der Waals surface area contributed by atoms with Gasteiger partial charge in [0.1, 0.15) is 25.3 Å². The molecule has 15 nitrogen and oxygen atoms in total.